The highest BCUT2D eigenvalue weighted by Gasteiger charge is 2.12. The van der Waals surface area contributed by atoms with Gasteiger partial charge in [0.15, 0.2) is 0 Å². The average Bonchev–Trinajstić information content (AvgIpc) is 2.51. The number of ether oxygens (including phenoxy) is 1. The summed E-state index contributed by atoms with van der Waals surface area (Å²) in [7, 11) is 1.45. The Morgan fingerprint density at radius 3 is 2.62 bits per heavy atom. The Kier molecular flexibility index (Phi) is 6.08. The topological polar surface area (TPSA) is 59.4 Å². The van der Waals surface area contributed by atoms with E-state index < -0.39 is 5.76 Å². The van der Waals surface area contributed by atoms with Crippen molar-refractivity contribution in [3.05, 3.63) is 41.3 Å². The second kappa shape index (κ2) is 8.05. The van der Waals surface area contributed by atoms with Gasteiger partial charge in [-0.2, -0.15) is 13.9 Å². The van der Waals surface area contributed by atoms with Crippen LogP contribution >= 0.6 is 11.8 Å². The first-order valence-electron chi connectivity index (χ1n) is 7.15. The summed E-state index contributed by atoms with van der Waals surface area (Å²) in [6.07, 6.45) is 0. The highest BCUT2D eigenvalue weighted by molar-refractivity contribution is 7.99. The zero-order valence-corrected chi connectivity index (χ0v) is 14.6. The molecule has 0 aliphatic carbocycles. The molecule has 0 spiro atoms. The number of hydrogen-bond acceptors (Lipinski definition) is 6. The molecule has 1 heterocycles. The van der Waals surface area contributed by atoms with Gasteiger partial charge in [-0.3, -0.25) is 5.43 Å². The molecule has 0 saturated heterocycles. The predicted molar refractivity (Wildman–Crippen MR) is 92.2 cm³/mol. The largest absolute Gasteiger partial charge is 0.496 e. The maximum absolute atomic E-state index is 12.5. The monoisotopic (exact) mass is 352 g/mol. The maximum Gasteiger partial charge on any atom is 0.289 e. The van der Waals surface area contributed by atoms with E-state index in [2.05, 4.69) is 20.5 Å². The van der Waals surface area contributed by atoms with E-state index in [1.54, 1.807) is 31.2 Å². The molecule has 8 heteroatoms. The summed E-state index contributed by atoms with van der Waals surface area (Å²) in [4.78, 5) is 8.82. The van der Waals surface area contributed by atoms with Crippen LogP contribution in [0, 0.1) is 13.8 Å². The van der Waals surface area contributed by atoms with Gasteiger partial charge in [-0.15, -0.1) is 0 Å². The first-order chi connectivity index (χ1) is 11.4. The molecule has 0 radical (unpaired) electrons. The Labute approximate surface area is 143 Å². The van der Waals surface area contributed by atoms with Gasteiger partial charge in [0.1, 0.15) is 17.4 Å². The van der Waals surface area contributed by atoms with E-state index in [1.165, 1.54) is 7.11 Å². The molecule has 0 bridgehead atoms. The van der Waals surface area contributed by atoms with E-state index in [0.29, 0.717) is 39.8 Å². The lowest BCUT2D eigenvalue weighted by Crippen LogP contribution is -2.03. The van der Waals surface area contributed by atoms with Crippen LogP contribution in [0.25, 0.3) is 0 Å². The molecular formula is C16H18F2N4OS. The number of aryl methyl sites for hydroxylation is 2. The molecule has 0 fully saturated rings. The van der Waals surface area contributed by atoms with Gasteiger partial charge in [0.25, 0.3) is 5.76 Å². The van der Waals surface area contributed by atoms with Gasteiger partial charge in [0.05, 0.1) is 17.7 Å². The minimum absolute atomic E-state index is 0.388. The molecule has 1 aromatic heterocycles. The van der Waals surface area contributed by atoms with Gasteiger partial charge in [0.2, 0.25) is 0 Å². The highest BCUT2D eigenvalue weighted by Crippen LogP contribution is 2.34. The molecule has 24 heavy (non-hydrogen) atoms. The lowest BCUT2D eigenvalue weighted by atomic mass is 10.1. The van der Waals surface area contributed by atoms with Crippen molar-refractivity contribution >= 4 is 23.3 Å². The molecule has 0 amide bonds. The molecule has 5 nitrogen and oxygen atoms in total. The van der Waals surface area contributed by atoms with Crippen molar-refractivity contribution in [3.8, 4) is 5.75 Å². The molecule has 128 valence electrons. The molecule has 0 unspecified atom stereocenters. The summed E-state index contributed by atoms with van der Waals surface area (Å²) < 4.78 is 30.2. The minimum Gasteiger partial charge on any atom is -0.496 e. The van der Waals surface area contributed by atoms with Gasteiger partial charge in [-0.25, -0.2) is 9.97 Å². The zero-order valence-electron chi connectivity index (χ0n) is 13.8. The molecule has 1 aromatic carbocycles. The number of nitrogens with zero attached hydrogens (tertiary/aromatic N) is 3. The van der Waals surface area contributed by atoms with Gasteiger partial charge < -0.3 is 4.74 Å². The molecule has 2 aromatic rings. The Morgan fingerprint density at radius 2 is 2.00 bits per heavy atom. The Hall–Kier alpha value is -2.22. The van der Waals surface area contributed by atoms with Crippen LogP contribution in [0.2, 0.25) is 0 Å². The summed E-state index contributed by atoms with van der Waals surface area (Å²) in [5.41, 5.74) is 5.16. The normalized spacial score (nSPS) is 11.7. The maximum atomic E-state index is 12.5. The second-order valence-electron chi connectivity index (χ2n) is 4.99. The number of rotatable bonds is 6. The van der Waals surface area contributed by atoms with Crippen LogP contribution in [-0.2, 0) is 0 Å². The fourth-order valence-corrected chi connectivity index (χ4v) is 2.66. The van der Waals surface area contributed by atoms with Crippen LogP contribution in [0.1, 0.15) is 24.0 Å². The van der Waals surface area contributed by atoms with Gasteiger partial charge in [-0.05, 0) is 32.9 Å². The third kappa shape index (κ3) is 4.89. The van der Waals surface area contributed by atoms with Crippen LogP contribution in [0.3, 0.4) is 0 Å². The third-order valence-electron chi connectivity index (χ3n) is 3.10. The van der Waals surface area contributed by atoms with Gasteiger partial charge in [-0.1, -0.05) is 17.8 Å². The fourth-order valence-electron chi connectivity index (χ4n) is 2.07. The number of hydrazone groups is 1. The average molecular weight is 352 g/mol. The Bertz CT molecular complexity index is 733. The van der Waals surface area contributed by atoms with Gasteiger partial charge in [0, 0.05) is 17.3 Å². The summed E-state index contributed by atoms with van der Waals surface area (Å²) in [5.74, 6) is -0.858. The molecule has 0 saturated carbocycles. The predicted octanol–water partition coefficient (Wildman–Crippen LogP) is 4.25. The molecule has 2 rings (SSSR count). The fraction of sp³-hybridized carbons (Fsp3) is 0.312. The Morgan fingerprint density at radius 1 is 1.25 bits per heavy atom. The molecule has 0 atom stereocenters. The van der Waals surface area contributed by atoms with Crippen molar-refractivity contribution in [2.45, 2.75) is 31.4 Å². The van der Waals surface area contributed by atoms with Crippen molar-refractivity contribution in [3.63, 3.8) is 0 Å². The summed E-state index contributed by atoms with van der Waals surface area (Å²) in [5, 5.41) is 4.28. The number of alkyl halides is 2. The number of benzene rings is 1. The van der Waals surface area contributed by atoms with Gasteiger partial charge >= 0.3 is 0 Å². The van der Waals surface area contributed by atoms with E-state index in [-0.39, 0.29) is 0 Å². The molecule has 0 aliphatic heterocycles. The van der Waals surface area contributed by atoms with Crippen LogP contribution < -0.4 is 10.2 Å². The summed E-state index contributed by atoms with van der Waals surface area (Å²) in [6, 6.07) is 6.79. The van der Waals surface area contributed by atoms with Crippen LogP contribution in [-0.4, -0.2) is 28.5 Å². The first-order valence-corrected chi connectivity index (χ1v) is 8.03. The third-order valence-corrected chi connectivity index (χ3v) is 3.87. The van der Waals surface area contributed by atoms with Crippen molar-refractivity contribution in [2.75, 3.05) is 12.5 Å². The first kappa shape index (κ1) is 18.1. The number of hydrogen-bond donors (Lipinski definition) is 1. The number of anilines is 1. The highest BCUT2D eigenvalue weighted by atomic mass is 32.2. The quantitative estimate of drug-likeness (QED) is 0.478. The summed E-state index contributed by atoms with van der Waals surface area (Å²) >= 11 is 0.453. The number of aromatic nitrogens is 2. The van der Waals surface area contributed by atoms with Crippen molar-refractivity contribution in [1.82, 2.24) is 9.97 Å². The standard InChI is InChI=1S/C16H18F2N4OS/c1-9-7-15(20-11(3)19-9)22-21-10(2)12-5-6-14(24-16(17)18)13(8-12)23-4/h5-8,16H,1-4H3,(H,19,20,22). The minimum atomic E-state index is -2.49. The lowest BCUT2D eigenvalue weighted by Gasteiger charge is -2.10. The SMILES string of the molecule is COc1cc(C(C)=NNc2cc(C)nc(C)n2)ccc1SC(F)F. The molecular weight excluding hydrogens is 334 g/mol. The van der Waals surface area contributed by atoms with Crippen molar-refractivity contribution in [1.29, 1.82) is 0 Å². The van der Waals surface area contributed by atoms with E-state index in [9.17, 15) is 8.78 Å². The van der Waals surface area contributed by atoms with Crippen LogP contribution in [0.15, 0.2) is 34.3 Å². The number of thioether (sulfide) groups is 1. The van der Waals surface area contributed by atoms with Crippen LogP contribution in [0.4, 0.5) is 14.6 Å². The summed E-state index contributed by atoms with van der Waals surface area (Å²) in [6.45, 7) is 5.49. The smallest absolute Gasteiger partial charge is 0.289 e. The van der Waals surface area contributed by atoms with E-state index in [1.807, 2.05) is 13.8 Å². The van der Waals surface area contributed by atoms with Crippen molar-refractivity contribution < 1.29 is 13.5 Å². The lowest BCUT2D eigenvalue weighted by molar-refractivity contribution is 0.251. The van der Waals surface area contributed by atoms with E-state index in [0.717, 1.165) is 11.3 Å². The number of nitrogens with one attached hydrogen (secondary N) is 1. The number of halogens is 2. The number of methoxy groups -OCH3 is 1. The van der Waals surface area contributed by atoms with Crippen molar-refractivity contribution in [2.24, 2.45) is 5.10 Å². The zero-order chi connectivity index (χ0) is 17.7. The van der Waals surface area contributed by atoms with Crippen LogP contribution in [0.5, 0.6) is 5.75 Å². The molecule has 0 aliphatic rings. The Balaban J connectivity index is 2.20. The second-order valence-corrected chi connectivity index (χ2v) is 6.03. The van der Waals surface area contributed by atoms with E-state index in [4.69, 9.17) is 4.74 Å². The van der Waals surface area contributed by atoms with E-state index >= 15 is 0 Å². The molecule has 1 N–H and O–H groups in total.